The van der Waals surface area contributed by atoms with Gasteiger partial charge in [0.2, 0.25) is 0 Å². The minimum atomic E-state index is 0.395. The number of nitrogens with zero attached hydrogens (tertiary/aromatic N) is 4. The van der Waals surface area contributed by atoms with E-state index >= 15 is 0 Å². The number of fused-ring (bicyclic) bond motifs is 1. The average Bonchev–Trinajstić information content (AvgIpc) is 3.09. The van der Waals surface area contributed by atoms with Crippen molar-refractivity contribution < 1.29 is 4.74 Å². The van der Waals surface area contributed by atoms with Gasteiger partial charge in [-0.1, -0.05) is 30.3 Å². The number of benzene rings is 1. The molecule has 0 radical (unpaired) electrons. The zero-order valence-corrected chi connectivity index (χ0v) is 14.3. The highest BCUT2D eigenvalue weighted by Gasteiger charge is 2.36. The van der Waals surface area contributed by atoms with Crippen molar-refractivity contribution in [1.82, 2.24) is 19.6 Å². The molecule has 4 rings (SSSR count). The molecule has 5 heteroatoms. The molecule has 24 heavy (non-hydrogen) atoms. The number of rotatable bonds is 4. The first kappa shape index (κ1) is 15.8. The second kappa shape index (κ2) is 7.05. The maximum absolute atomic E-state index is 5.94. The predicted molar refractivity (Wildman–Crippen MR) is 93.7 cm³/mol. The summed E-state index contributed by atoms with van der Waals surface area (Å²) in [6.07, 6.45) is 2.07. The fourth-order valence-electron chi connectivity index (χ4n) is 3.90. The Morgan fingerprint density at radius 1 is 1.12 bits per heavy atom. The highest BCUT2D eigenvalue weighted by Crippen LogP contribution is 2.29. The summed E-state index contributed by atoms with van der Waals surface area (Å²) in [6.45, 7) is 8.89. The van der Waals surface area contributed by atoms with Gasteiger partial charge in [0, 0.05) is 45.0 Å². The van der Waals surface area contributed by atoms with Gasteiger partial charge in [0.1, 0.15) is 0 Å². The summed E-state index contributed by atoms with van der Waals surface area (Å²) in [5, 5.41) is 4.62. The lowest BCUT2D eigenvalue weighted by molar-refractivity contribution is -0.0837. The molecular weight excluding hydrogens is 300 g/mol. The molecule has 0 N–H and O–H groups in total. The third kappa shape index (κ3) is 3.24. The quantitative estimate of drug-likeness (QED) is 0.862. The molecule has 0 amide bonds. The summed E-state index contributed by atoms with van der Waals surface area (Å²) >= 11 is 0. The predicted octanol–water partition coefficient (Wildman–Crippen LogP) is 2.16. The standard InChI is InChI=1S/C19H26N4O/c1-2-22-9-8-17(20-22)12-21-10-11-23-18(13-21)14-24-15-19(23)16-6-4-3-5-7-16/h3-9,18-19H,2,10-15H2,1H3/t18-,19-/m1/s1. The Balaban J connectivity index is 1.42. The largest absolute Gasteiger partial charge is 0.378 e. The molecule has 128 valence electrons. The molecule has 2 atom stereocenters. The molecular formula is C19H26N4O. The Kier molecular flexibility index (Phi) is 4.65. The minimum Gasteiger partial charge on any atom is -0.378 e. The van der Waals surface area contributed by atoms with Gasteiger partial charge in [0.25, 0.3) is 0 Å². The lowest BCUT2D eigenvalue weighted by atomic mass is 10.00. The fourth-order valence-corrected chi connectivity index (χ4v) is 3.90. The monoisotopic (exact) mass is 326 g/mol. The molecule has 1 aromatic carbocycles. The first-order valence-electron chi connectivity index (χ1n) is 8.96. The van der Waals surface area contributed by atoms with Gasteiger partial charge in [0.05, 0.1) is 24.9 Å². The topological polar surface area (TPSA) is 33.5 Å². The van der Waals surface area contributed by atoms with E-state index in [1.807, 2.05) is 4.68 Å². The van der Waals surface area contributed by atoms with E-state index in [4.69, 9.17) is 4.74 Å². The summed E-state index contributed by atoms with van der Waals surface area (Å²) in [4.78, 5) is 5.15. The molecule has 5 nitrogen and oxygen atoms in total. The summed E-state index contributed by atoms with van der Waals surface area (Å²) in [7, 11) is 0. The SMILES string of the molecule is CCn1ccc(CN2CCN3[C@@H](COC[C@@H]3c3ccccc3)C2)n1. The average molecular weight is 326 g/mol. The van der Waals surface area contributed by atoms with Crippen molar-refractivity contribution in [2.24, 2.45) is 0 Å². The van der Waals surface area contributed by atoms with Crippen LogP contribution in [0.5, 0.6) is 0 Å². The van der Waals surface area contributed by atoms with Gasteiger partial charge in [-0.25, -0.2) is 0 Å². The van der Waals surface area contributed by atoms with Crippen LogP contribution in [-0.2, 0) is 17.8 Å². The molecule has 2 aromatic rings. The van der Waals surface area contributed by atoms with Gasteiger partial charge in [0.15, 0.2) is 0 Å². The van der Waals surface area contributed by atoms with E-state index in [-0.39, 0.29) is 0 Å². The number of piperazine rings is 1. The lowest BCUT2D eigenvalue weighted by Gasteiger charge is -2.48. The summed E-state index contributed by atoms with van der Waals surface area (Å²) in [5.41, 5.74) is 2.54. The van der Waals surface area contributed by atoms with E-state index in [1.54, 1.807) is 0 Å². The molecule has 1 aromatic heterocycles. The smallest absolute Gasteiger partial charge is 0.0764 e. The number of aromatic nitrogens is 2. The van der Waals surface area contributed by atoms with Crippen molar-refractivity contribution in [1.29, 1.82) is 0 Å². The number of hydrogen-bond donors (Lipinski definition) is 0. The van der Waals surface area contributed by atoms with Crippen molar-refractivity contribution in [3.05, 3.63) is 53.9 Å². The van der Waals surface area contributed by atoms with Crippen LogP contribution in [0.2, 0.25) is 0 Å². The Morgan fingerprint density at radius 3 is 2.79 bits per heavy atom. The third-order valence-corrected chi connectivity index (χ3v) is 5.19. The van der Waals surface area contributed by atoms with Crippen molar-refractivity contribution >= 4 is 0 Å². The molecule has 3 heterocycles. The summed E-state index contributed by atoms with van der Waals surface area (Å²) < 4.78 is 7.94. The van der Waals surface area contributed by atoms with E-state index in [1.165, 1.54) is 11.3 Å². The zero-order valence-electron chi connectivity index (χ0n) is 14.3. The summed E-state index contributed by atoms with van der Waals surface area (Å²) in [5.74, 6) is 0. The van der Waals surface area contributed by atoms with Crippen LogP contribution in [0.3, 0.4) is 0 Å². The van der Waals surface area contributed by atoms with Crippen LogP contribution in [0.1, 0.15) is 24.2 Å². The van der Waals surface area contributed by atoms with E-state index in [2.05, 4.69) is 64.4 Å². The lowest BCUT2D eigenvalue weighted by Crippen LogP contribution is -2.58. The van der Waals surface area contributed by atoms with Crippen LogP contribution in [0.4, 0.5) is 0 Å². The maximum atomic E-state index is 5.94. The Hall–Kier alpha value is -1.69. The van der Waals surface area contributed by atoms with Gasteiger partial charge < -0.3 is 4.74 Å². The van der Waals surface area contributed by atoms with E-state index in [0.717, 1.165) is 45.9 Å². The first-order chi connectivity index (χ1) is 11.8. The van der Waals surface area contributed by atoms with Crippen molar-refractivity contribution in [3.8, 4) is 0 Å². The maximum Gasteiger partial charge on any atom is 0.0764 e. The Morgan fingerprint density at radius 2 is 2.00 bits per heavy atom. The van der Waals surface area contributed by atoms with Crippen LogP contribution >= 0.6 is 0 Å². The third-order valence-electron chi connectivity index (χ3n) is 5.19. The van der Waals surface area contributed by atoms with Crippen LogP contribution in [-0.4, -0.2) is 58.5 Å². The minimum absolute atomic E-state index is 0.395. The van der Waals surface area contributed by atoms with E-state index < -0.39 is 0 Å². The second-order valence-corrected chi connectivity index (χ2v) is 6.75. The van der Waals surface area contributed by atoms with Gasteiger partial charge in [-0.05, 0) is 18.6 Å². The van der Waals surface area contributed by atoms with Crippen molar-refractivity contribution in [2.45, 2.75) is 32.1 Å². The Bertz CT molecular complexity index is 656. The molecule has 2 saturated heterocycles. The molecule has 2 aliphatic rings. The van der Waals surface area contributed by atoms with Crippen LogP contribution in [0.25, 0.3) is 0 Å². The first-order valence-corrected chi connectivity index (χ1v) is 8.96. The molecule has 0 spiro atoms. The highest BCUT2D eigenvalue weighted by atomic mass is 16.5. The molecule has 0 aliphatic carbocycles. The fraction of sp³-hybridized carbons (Fsp3) is 0.526. The summed E-state index contributed by atoms with van der Waals surface area (Å²) in [6, 6.07) is 13.8. The zero-order chi connectivity index (χ0) is 16.4. The number of aryl methyl sites for hydroxylation is 1. The van der Waals surface area contributed by atoms with Gasteiger partial charge >= 0.3 is 0 Å². The number of hydrogen-bond acceptors (Lipinski definition) is 4. The van der Waals surface area contributed by atoms with Crippen molar-refractivity contribution in [2.75, 3.05) is 32.8 Å². The van der Waals surface area contributed by atoms with Crippen molar-refractivity contribution in [3.63, 3.8) is 0 Å². The molecule has 2 aliphatic heterocycles. The van der Waals surface area contributed by atoms with Crippen LogP contribution in [0.15, 0.2) is 42.6 Å². The van der Waals surface area contributed by atoms with Gasteiger partial charge in [-0.2, -0.15) is 5.10 Å². The Labute approximate surface area is 143 Å². The normalized spacial score (nSPS) is 25.5. The molecule has 0 saturated carbocycles. The molecule has 2 fully saturated rings. The van der Waals surface area contributed by atoms with Crippen LogP contribution < -0.4 is 0 Å². The second-order valence-electron chi connectivity index (χ2n) is 6.75. The van der Waals surface area contributed by atoms with E-state index in [0.29, 0.717) is 12.1 Å². The highest BCUT2D eigenvalue weighted by molar-refractivity contribution is 5.20. The molecule has 0 unspecified atom stereocenters. The number of ether oxygens (including phenoxy) is 1. The molecule has 0 bridgehead atoms. The number of morpholine rings is 1. The van der Waals surface area contributed by atoms with Crippen LogP contribution in [0, 0.1) is 0 Å². The van der Waals surface area contributed by atoms with E-state index in [9.17, 15) is 0 Å². The van der Waals surface area contributed by atoms with Gasteiger partial charge in [-0.15, -0.1) is 0 Å². The van der Waals surface area contributed by atoms with Gasteiger partial charge in [-0.3, -0.25) is 14.5 Å².